The van der Waals surface area contributed by atoms with Gasteiger partial charge in [0.15, 0.2) is 6.10 Å². The summed E-state index contributed by atoms with van der Waals surface area (Å²) in [5.41, 5.74) is 0. The Morgan fingerprint density at radius 2 is 0.513 bits per heavy atom. The minimum absolute atomic E-state index is 0.105. The van der Waals surface area contributed by atoms with Crippen molar-refractivity contribution in [1.82, 2.24) is 0 Å². The monoisotopic (exact) mass is 1050 g/mol. The van der Waals surface area contributed by atoms with Gasteiger partial charge >= 0.3 is 17.9 Å². The van der Waals surface area contributed by atoms with Crippen LogP contribution in [0.2, 0.25) is 0 Å². The van der Waals surface area contributed by atoms with E-state index in [-0.39, 0.29) is 37.5 Å². The summed E-state index contributed by atoms with van der Waals surface area (Å²) >= 11 is 0. The van der Waals surface area contributed by atoms with E-state index in [4.69, 9.17) is 14.2 Å². The van der Waals surface area contributed by atoms with Gasteiger partial charge < -0.3 is 14.2 Å². The Morgan fingerprint density at radius 1 is 0.276 bits per heavy atom. The Kier molecular flexibility index (Phi) is 58.5. The van der Waals surface area contributed by atoms with Crippen LogP contribution < -0.4 is 0 Å². The molecular formula is C70H110O6. The van der Waals surface area contributed by atoms with Crippen LogP contribution in [0.5, 0.6) is 0 Å². The summed E-state index contributed by atoms with van der Waals surface area (Å²) in [4.78, 5) is 38.1. The summed E-state index contributed by atoms with van der Waals surface area (Å²) in [6, 6.07) is 0. The number of carbonyl (C=O) groups excluding carboxylic acids is 3. The molecule has 0 rings (SSSR count). The highest BCUT2D eigenvalue weighted by Crippen LogP contribution is 2.14. The lowest BCUT2D eigenvalue weighted by atomic mass is 10.1. The Hall–Kier alpha value is -4.97. The number of carbonyl (C=O) groups is 3. The van der Waals surface area contributed by atoms with Crippen LogP contribution in [0.1, 0.15) is 245 Å². The van der Waals surface area contributed by atoms with Crippen molar-refractivity contribution in [3.63, 3.8) is 0 Å². The van der Waals surface area contributed by atoms with Crippen LogP contribution >= 0.6 is 0 Å². The standard InChI is InChI=1S/C70H110O6/c1-4-7-10-13-16-19-22-24-26-28-30-31-32-33-34-35-36-37-38-39-41-42-44-46-48-51-54-57-60-63-69(72)75-66-67(65-74-68(71)62-59-56-53-50-21-18-15-12-9-6-3)76-70(73)64-61-58-55-52-49-47-45-43-40-29-27-25-23-20-17-14-11-8-5-2/h7-8,10-11,16-17,19-20,24-27,30-31,33-34,36-37,39-41,43-44,46-47,49,67H,4-6,9,12-15,18,21-23,28-29,32,35,38,42,45,48,50-66H2,1-3H3/b10-7-,11-8-,19-16-,20-17-,26-24-,27-25-,31-30-,34-33-,37-36-,41-39-,43-40-,46-44-,49-47-. The molecule has 6 heteroatoms. The predicted molar refractivity (Wildman–Crippen MR) is 329 cm³/mol. The van der Waals surface area contributed by atoms with E-state index in [9.17, 15) is 14.4 Å². The number of hydrogen-bond donors (Lipinski definition) is 0. The first kappa shape index (κ1) is 71.0. The minimum atomic E-state index is -0.812. The lowest BCUT2D eigenvalue weighted by Gasteiger charge is -2.18. The van der Waals surface area contributed by atoms with Crippen LogP contribution in [0, 0.1) is 0 Å². The van der Waals surface area contributed by atoms with Gasteiger partial charge in [0.05, 0.1) is 0 Å². The zero-order chi connectivity index (χ0) is 55.0. The van der Waals surface area contributed by atoms with E-state index >= 15 is 0 Å². The molecule has 0 N–H and O–H groups in total. The molecule has 0 aliphatic rings. The largest absolute Gasteiger partial charge is 0.462 e. The van der Waals surface area contributed by atoms with Gasteiger partial charge in [0.1, 0.15) is 13.2 Å². The topological polar surface area (TPSA) is 78.9 Å². The quantitative estimate of drug-likeness (QED) is 0.0261. The van der Waals surface area contributed by atoms with E-state index in [1.807, 2.05) is 0 Å². The second kappa shape index (κ2) is 62.6. The summed E-state index contributed by atoms with van der Waals surface area (Å²) in [7, 11) is 0. The molecule has 1 unspecified atom stereocenters. The number of rotatable bonds is 53. The molecule has 0 aromatic heterocycles. The van der Waals surface area contributed by atoms with Crippen molar-refractivity contribution >= 4 is 17.9 Å². The zero-order valence-corrected chi connectivity index (χ0v) is 48.7. The van der Waals surface area contributed by atoms with Gasteiger partial charge in [0.25, 0.3) is 0 Å². The fraction of sp³-hybridized carbons (Fsp3) is 0.586. The van der Waals surface area contributed by atoms with Crippen molar-refractivity contribution < 1.29 is 28.6 Å². The van der Waals surface area contributed by atoms with Crippen LogP contribution in [0.25, 0.3) is 0 Å². The van der Waals surface area contributed by atoms with Gasteiger partial charge in [0.2, 0.25) is 0 Å². The van der Waals surface area contributed by atoms with Gasteiger partial charge in [-0.15, -0.1) is 0 Å². The predicted octanol–water partition coefficient (Wildman–Crippen LogP) is 20.9. The Morgan fingerprint density at radius 3 is 0.816 bits per heavy atom. The summed E-state index contributed by atoms with van der Waals surface area (Å²) < 4.78 is 16.8. The third kappa shape index (κ3) is 59.9. The van der Waals surface area contributed by atoms with Crippen molar-refractivity contribution in [2.24, 2.45) is 0 Å². The molecule has 0 saturated heterocycles. The van der Waals surface area contributed by atoms with Crippen molar-refractivity contribution in [2.75, 3.05) is 13.2 Å². The van der Waals surface area contributed by atoms with E-state index < -0.39 is 6.10 Å². The number of unbranched alkanes of at least 4 members (excludes halogenated alkanes) is 16. The van der Waals surface area contributed by atoms with Crippen LogP contribution in [0.3, 0.4) is 0 Å². The molecule has 0 aromatic rings. The van der Waals surface area contributed by atoms with Crippen LogP contribution in [0.4, 0.5) is 0 Å². The highest BCUT2D eigenvalue weighted by Gasteiger charge is 2.19. The molecule has 76 heavy (non-hydrogen) atoms. The molecule has 0 heterocycles. The smallest absolute Gasteiger partial charge is 0.306 e. The average Bonchev–Trinajstić information content (AvgIpc) is 3.42. The van der Waals surface area contributed by atoms with Gasteiger partial charge in [0, 0.05) is 19.3 Å². The molecule has 0 bridgehead atoms. The molecule has 1 atom stereocenters. The Bertz CT molecular complexity index is 1720. The highest BCUT2D eigenvalue weighted by molar-refractivity contribution is 5.71. The maximum Gasteiger partial charge on any atom is 0.306 e. The minimum Gasteiger partial charge on any atom is -0.462 e. The molecule has 0 aliphatic carbocycles. The third-order valence-electron chi connectivity index (χ3n) is 12.3. The molecule has 0 saturated carbocycles. The molecular weight excluding hydrogens is 937 g/mol. The highest BCUT2D eigenvalue weighted by atomic mass is 16.6. The molecule has 0 fully saturated rings. The first-order chi connectivity index (χ1) is 37.5. The van der Waals surface area contributed by atoms with Gasteiger partial charge in [-0.25, -0.2) is 0 Å². The second-order valence-electron chi connectivity index (χ2n) is 19.5. The summed E-state index contributed by atoms with van der Waals surface area (Å²) in [6.45, 7) is 6.34. The zero-order valence-electron chi connectivity index (χ0n) is 48.7. The van der Waals surface area contributed by atoms with Crippen molar-refractivity contribution in [3.8, 4) is 0 Å². The normalized spacial score (nSPS) is 13.2. The van der Waals surface area contributed by atoms with Gasteiger partial charge in [-0.2, -0.15) is 0 Å². The van der Waals surface area contributed by atoms with E-state index in [1.165, 1.54) is 44.9 Å². The maximum absolute atomic E-state index is 12.9. The van der Waals surface area contributed by atoms with E-state index in [1.54, 1.807) is 0 Å². The fourth-order valence-corrected chi connectivity index (χ4v) is 7.78. The van der Waals surface area contributed by atoms with E-state index in [2.05, 4.69) is 179 Å². The van der Waals surface area contributed by atoms with E-state index in [0.717, 1.165) is 154 Å². The lowest BCUT2D eigenvalue weighted by molar-refractivity contribution is -0.167. The van der Waals surface area contributed by atoms with E-state index in [0.29, 0.717) is 19.3 Å². The van der Waals surface area contributed by atoms with Crippen LogP contribution in [0.15, 0.2) is 158 Å². The Balaban J connectivity index is 4.41. The molecule has 0 spiro atoms. The maximum atomic E-state index is 12.9. The van der Waals surface area contributed by atoms with Crippen LogP contribution in [-0.4, -0.2) is 37.2 Å². The summed E-state index contributed by atoms with van der Waals surface area (Å²) in [5, 5.41) is 0. The van der Waals surface area contributed by atoms with Gasteiger partial charge in [-0.3, -0.25) is 14.4 Å². The van der Waals surface area contributed by atoms with Crippen molar-refractivity contribution in [2.45, 2.75) is 252 Å². The first-order valence-electron chi connectivity index (χ1n) is 30.5. The molecule has 0 radical (unpaired) electrons. The van der Waals surface area contributed by atoms with Crippen molar-refractivity contribution in [3.05, 3.63) is 158 Å². The summed E-state index contributed by atoms with van der Waals surface area (Å²) in [5.74, 6) is -0.971. The average molecular weight is 1050 g/mol. The molecule has 0 aromatic carbocycles. The van der Waals surface area contributed by atoms with Crippen LogP contribution in [-0.2, 0) is 28.6 Å². The lowest BCUT2D eigenvalue weighted by Crippen LogP contribution is -2.30. The SMILES string of the molecule is CC/C=C\C/C=C\C/C=C\C/C=C\C/C=C\C/C=C\C/C=C\C/C=C\CCCCCCC(=O)OCC(COC(=O)CCCCCCCCCCCC)OC(=O)CCCCC/C=C\C/C=C\C/C=C\C/C=C\C/C=C\CC. The molecule has 426 valence electrons. The first-order valence-corrected chi connectivity index (χ1v) is 30.5. The van der Waals surface area contributed by atoms with Crippen molar-refractivity contribution in [1.29, 1.82) is 0 Å². The fourth-order valence-electron chi connectivity index (χ4n) is 7.78. The second-order valence-corrected chi connectivity index (χ2v) is 19.5. The Labute approximate surface area is 467 Å². The molecule has 0 amide bonds. The number of esters is 3. The van der Waals surface area contributed by atoms with Gasteiger partial charge in [-0.1, -0.05) is 256 Å². The number of ether oxygens (including phenoxy) is 3. The number of hydrogen-bond acceptors (Lipinski definition) is 6. The van der Waals surface area contributed by atoms with Gasteiger partial charge in [-0.05, 0) is 128 Å². The number of allylic oxidation sites excluding steroid dienone is 26. The molecule has 6 nitrogen and oxygen atoms in total. The third-order valence-corrected chi connectivity index (χ3v) is 12.3. The molecule has 0 aliphatic heterocycles. The summed E-state index contributed by atoms with van der Waals surface area (Å²) in [6.07, 6.45) is 91.0.